The Morgan fingerprint density at radius 2 is 1.78 bits per heavy atom. The lowest BCUT2D eigenvalue weighted by Gasteiger charge is -2.26. The largest absolute Gasteiger partial charge is 0.450 e. The normalized spacial score (nSPS) is 15.6. The van der Waals surface area contributed by atoms with Crippen LogP contribution in [0.3, 0.4) is 0 Å². The van der Waals surface area contributed by atoms with Gasteiger partial charge in [-0.3, -0.25) is 14.9 Å². The maximum absolute atomic E-state index is 12.9. The minimum Gasteiger partial charge on any atom is -0.450 e. The zero-order valence-corrected chi connectivity index (χ0v) is 18.6. The number of rotatable bonds is 4. The van der Waals surface area contributed by atoms with Gasteiger partial charge in [0.2, 0.25) is 0 Å². The molecule has 1 fully saturated rings. The van der Waals surface area contributed by atoms with Gasteiger partial charge in [-0.2, -0.15) is 0 Å². The number of furan rings is 1. The Morgan fingerprint density at radius 3 is 2.56 bits per heavy atom. The number of amides is 4. The van der Waals surface area contributed by atoms with Gasteiger partial charge in [-0.15, -0.1) is 0 Å². The number of para-hydroxylation sites is 2. The minimum absolute atomic E-state index is 0.206. The van der Waals surface area contributed by atoms with Gasteiger partial charge in [0, 0.05) is 4.47 Å². The lowest BCUT2D eigenvalue weighted by atomic mass is 10.1. The first-order chi connectivity index (χ1) is 15.5. The molecule has 2 N–H and O–H groups in total. The number of benzene rings is 2. The van der Waals surface area contributed by atoms with Gasteiger partial charge in [-0.05, 0) is 66.4 Å². The van der Waals surface area contributed by atoms with Crippen LogP contribution < -0.4 is 10.2 Å². The van der Waals surface area contributed by atoms with E-state index in [0.717, 1.165) is 20.4 Å². The van der Waals surface area contributed by atoms with E-state index in [1.807, 2.05) is 24.3 Å². The van der Waals surface area contributed by atoms with Crippen LogP contribution in [0.1, 0.15) is 5.76 Å². The molecule has 158 valence electrons. The maximum Gasteiger partial charge on any atom is 0.335 e. The van der Waals surface area contributed by atoms with E-state index in [4.69, 9.17) is 4.42 Å². The predicted octanol–water partition coefficient (Wildman–Crippen LogP) is 4.74. The number of urea groups is 1. The molecule has 5 rings (SSSR count). The second kappa shape index (κ2) is 8.13. The van der Waals surface area contributed by atoms with Crippen molar-refractivity contribution in [2.75, 3.05) is 4.90 Å². The molecule has 0 bridgehead atoms. The maximum atomic E-state index is 12.9. The summed E-state index contributed by atoms with van der Waals surface area (Å²) in [4.78, 5) is 46.1. The van der Waals surface area contributed by atoms with Crippen molar-refractivity contribution in [2.45, 2.75) is 10.2 Å². The molecule has 4 aromatic rings. The highest BCUT2D eigenvalue weighted by Gasteiger charge is 2.37. The Balaban J connectivity index is 1.40. The van der Waals surface area contributed by atoms with Crippen LogP contribution in [0.15, 0.2) is 85.4 Å². The van der Waals surface area contributed by atoms with E-state index in [9.17, 15) is 14.4 Å². The van der Waals surface area contributed by atoms with Gasteiger partial charge in [0.15, 0.2) is 10.2 Å². The summed E-state index contributed by atoms with van der Waals surface area (Å²) >= 11 is 4.59. The van der Waals surface area contributed by atoms with E-state index in [1.165, 1.54) is 17.8 Å². The average Bonchev–Trinajstić information content (AvgIpc) is 3.38. The van der Waals surface area contributed by atoms with Crippen molar-refractivity contribution in [1.29, 1.82) is 0 Å². The summed E-state index contributed by atoms with van der Waals surface area (Å²) in [6.45, 7) is 0. The van der Waals surface area contributed by atoms with Crippen LogP contribution >= 0.6 is 27.7 Å². The van der Waals surface area contributed by atoms with Gasteiger partial charge in [0.05, 0.1) is 16.7 Å². The standard InChI is InChI=1S/C22H13BrN4O4S/c23-12-5-7-13(8-6-12)27-20(29)15(19(28)26-22(27)30)11-14-9-10-18(31-14)32-21-24-16-3-1-2-4-17(16)25-21/h1-11H,(H,24,25)(H,26,28,30)/b15-11+. The van der Waals surface area contributed by atoms with Crippen LogP contribution in [0.5, 0.6) is 0 Å². The summed E-state index contributed by atoms with van der Waals surface area (Å²) in [6.07, 6.45) is 1.32. The Labute approximate surface area is 193 Å². The number of carbonyl (C=O) groups is 3. The minimum atomic E-state index is -0.806. The van der Waals surface area contributed by atoms with Crippen molar-refractivity contribution >= 4 is 68.3 Å². The number of barbiturate groups is 1. The first-order valence-electron chi connectivity index (χ1n) is 9.37. The van der Waals surface area contributed by atoms with E-state index in [2.05, 4.69) is 31.2 Å². The van der Waals surface area contributed by atoms with Gasteiger partial charge in [-0.25, -0.2) is 14.7 Å². The molecule has 32 heavy (non-hydrogen) atoms. The molecule has 0 unspecified atom stereocenters. The van der Waals surface area contributed by atoms with Crippen LogP contribution in [-0.4, -0.2) is 27.8 Å². The highest BCUT2D eigenvalue weighted by atomic mass is 79.9. The Bertz CT molecular complexity index is 1370. The molecule has 8 nitrogen and oxygen atoms in total. The van der Waals surface area contributed by atoms with Gasteiger partial charge in [-0.1, -0.05) is 28.1 Å². The Hall–Kier alpha value is -3.63. The summed E-state index contributed by atoms with van der Waals surface area (Å²) in [5.74, 6) is -1.22. The van der Waals surface area contributed by atoms with E-state index >= 15 is 0 Å². The number of carbonyl (C=O) groups excluding carboxylic acids is 3. The number of halogens is 1. The predicted molar refractivity (Wildman–Crippen MR) is 122 cm³/mol. The summed E-state index contributed by atoms with van der Waals surface area (Å²) in [7, 11) is 0. The fourth-order valence-corrected chi connectivity index (χ4v) is 4.20. The van der Waals surface area contributed by atoms with Crippen molar-refractivity contribution in [2.24, 2.45) is 0 Å². The van der Waals surface area contributed by atoms with E-state index < -0.39 is 17.8 Å². The molecule has 4 amide bonds. The van der Waals surface area contributed by atoms with Gasteiger partial charge < -0.3 is 9.40 Å². The Morgan fingerprint density at radius 1 is 1.00 bits per heavy atom. The van der Waals surface area contributed by atoms with Crippen LogP contribution in [0.4, 0.5) is 10.5 Å². The molecule has 1 aliphatic rings. The molecule has 1 aliphatic heterocycles. The number of anilines is 1. The number of aromatic nitrogens is 2. The average molecular weight is 509 g/mol. The number of imide groups is 2. The van der Waals surface area contributed by atoms with E-state index in [1.54, 1.807) is 36.4 Å². The number of nitrogens with zero attached hydrogens (tertiary/aromatic N) is 2. The molecule has 0 saturated carbocycles. The van der Waals surface area contributed by atoms with Gasteiger partial charge in [0.25, 0.3) is 11.8 Å². The summed E-state index contributed by atoms with van der Waals surface area (Å²) in [5.41, 5.74) is 1.88. The monoisotopic (exact) mass is 508 g/mol. The molecule has 0 aliphatic carbocycles. The van der Waals surface area contributed by atoms with E-state index in [-0.39, 0.29) is 5.57 Å². The zero-order chi connectivity index (χ0) is 22.2. The first-order valence-corrected chi connectivity index (χ1v) is 11.0. The molecule has 10 heteroatoms. The molecule has 0 radical (unpaired) electrons. The van der Waals surface area contributed by atoms with Gasteiger partial charge >= 0.3 is 6.03 Å². The fraction of sp³-hybridized carbons (Fsp3) is 0. The highest BCUT2D eigenvalue weighted by Crippen LogP contribution is 2.30. The molecule has 3 heterocycles. The number of aromatic amines is 1. The number of fused-ring (bicyclic) bond motifs is 1. The molecule has 2 aromatic heterocycles. The summed E-state index contributed by atoms with van der Waals surface area (Å²) in [5, 5.41) is 3.37. The lowest BCUT2D eigenvalue weighted by Crippen LogP contribution is -2.54. The molecule has 1 saturated heterocycles. The van der Waals surface area contributed by atoms with Crippen molar-refractivity contribution in [3.05, 3.63) is 76.5 Å². The fourth-order valence-electron chi connectivity index (χ4n) is 3.16. The molecule has 0 spiro atoms. The van der Waals surface area contributed by atoms with Crippen LogP contribution in [0, 0.1) is 0 Å². The van der Waals surface area contributed by atoms with Crippen molar-refractivity contribution in [1.82, 2.24) is 15.3 Å². The SMILES string of the molecule is O=C1NC(=O)N(c2ccc(Br)cc2)C(=O)/C1=C/c1ccc(Sc2nc3ccccc3[nH]2)o1. The summed E-state index contributed by atoms with van der Waals surface area (Å²) in [6, 6.07) is 16.8. The lowest BCUT2D eigenvalue weighted by molar-refractivity contribution is -0.122. The quantitative estimate of drug-likeness (QED) is 0.304. The topological polar surface area (TPSA) is 108 Å². The third-order valence-electron chi connectivity index (χ3n) is 4.64. The summed E-state index contributed by atoms with van der Waals surface area (Å²) < 4.78 is 6.55. The molecular formula is C22H13BrN4O4S. The molecular weight excluding hydrogens is 496 g/mol. The smallest absolute Gasteiger partial charge is 0.335 e. The highest BCUT2D eigenvalue weighted by molar-refractivity contribution is 9.10. The number of nitrogens with one attached hydrogen (secondary N) is 2. The zero-order valence-electron chi connectivity index (χ0n) is 16.2. The number of hydrogen-bond acceptors (Lipinski definition) is 6. The van der Waals surface area contributed by atoms with Crippen molar-refractivity contribution in [3.8, 4) is 0 Å². The number of H-pyrrole nitrogens is 1. The number of hydrogen-bond donors (Lipinski definition) is 2. The van der Waals surface area contributed by atoms with Crippen molar-refractivity contribution in [3.63, 3.8) is 0 Å². The second-order valence-electron chi connectivity index (χ2n) is 6.75. The van der Waals surface area contributed by atoms with E-state index in [0.29, 0.717) is 21.7 Å². The molecule has 0 atom stereocenters. The molecule has 2 aromatic carbocycles. The van der Waals surface area contributed by atoms with Crippen LogP contribution in [0.2, 0.25) is 0 Å². The third kappa shape index (κ3) is 3.85. The van der Waals surface area contributed by atoms with Crippen molar-refractivity contribution < 1.29 is 18.8 Å². The third-order valence-corrected chi connectivity index (χ3v) is 5.98. The Kier molecular flexibility index (Phi) is 5.16. The first kappa shape index (κ1) is 20.3. The van der Waals surface area contributed by atoms with Gasteiger partial charge in [0.1, 0.15) is 11.3 Å². The second-order valence-corrected chi connectivity index (χ2v) is 8.66. The van der Waals surface area contributed by atoms with Crippen LogP contribution in [0.25, 0.3) is 17.1 Å². The number of imidazole rings is 1. The van der Waals surface area contributed by atoms with Crippen LogP contribution in [-0.2, 0) is 9.59 Å².